The number of halogens is 4. The number of hydrogen-bond acceptors (Lipinski definition) is 5. The van der Waals surface area contributed by atoms with Gasteiger partial charge in [0.05, 0.1) is 10.6 Å². The molecule has 0 spiro atoms. The van der Waals surface area contributed by atoms with Crippen LogP contribution in [0.1, 0.15) is 17.7 Å². The third-order valence-corrected chi connectivity index (χ3v) is 3.54. The fourth-order valence-electron chi connectivity index (χ4n) is 2.10. The number of aryl methyl sites for hydroxylation is 1. The maximum atomic E-state index is 12.9. The summed E-state index contributed by atoms with van der Waals surface area (Å²) in [6, 6.07) is 5.31. The molecule has 25 heavy (non-hydrogen) atoms. The topological polar surface area (TPSA) is 59.1 Å². The molecular formula is C16H18ClF3N4O. The Kier molecular flexibility index (Phi) is 6.44. The normalized spacial score (nSPS) is 11.4. The first-order chi connectivity index (χ1) is 11.8. The summed E-state index contributed by atoms with van der Waals surface area (Å²) in [7, 11) is 1.62. The Hall–Kier alpha value is -2.06. The quantitative estimate of drug-likeness (QED) is 0.691. The third-order valence-electron chi connectivity index (χ3n) is 3.21. The lowest BCUT2D eigenvalue weighted by molar-refractivity contribution is -0.137. The van der Waals surface area contributed by atoms with Gasteiger partial charge in [0.2, 0.25) is 5.95 Å². The van der Waals surface area contributed by atoms with E-state index in [1.54, 1.807) is 20.1 Å². The van der Waals surface area contributed by atoms with Crippen LogP contribution in [0.2, 0.25) is 5.02 Å². The van der Waals surface area contributed by atoms with Crippen LogP contribution in [-0.4, -0.2) is 30.2 Å². The van der Waals surface area contributed by atoms with Crippen molar-refractivity contribution in [1.82, 2.24) is 9.97 Å². The first-order valence-corrected chi connectivity index (χ1v) is 7.89. The van der Waals surface area contributed by atoms with E-state index in [4.69, 9.17) is 16.3 Å². The highest BCUT2D eigenvalue weighted by Crippen LogP contribution is 2.36. The van der Waals surface area contributed by atoms with Crippen LogP contribution in [0.3, 0.4) is 0 Å². The predicted molar refractivity (Wildman–Crippen MR) is 91.5 cm³/mol. The Labute approximate surface area is 148 Å². The van der Waals surface area contributed by atoms with E-state index < -0.39 is 11.7 Å². The van der Waals surface area contributed by atoms with Crippen LogP contribution < -0.4 is 10.6 Å². The number of benzene rings is 1. The van der Waals surface area contributed by atoms with Gasteiger partial charge >= 0.3 is 6.18 Å². The lowest BCUT2D eigenvalue weighted by Crippen LogP contribution is -2.09. The molecule has 0 radical (unpaired) electrons. The summed E-state index contributed by atoms with van der Waals surface area (Å²) < 4.78 is 43.8. The smallest absolute Gasteiger partial charge is 0.385 e. The third kappa shape index (κ3) is 5.75. The van der Waals surface area contributed by atoms with Gasteiger partial charge in [0.1, 0.15) is 5.82 Å². The molecule has 2 rings (SSSR count). The van der Waals surface area contributed by atoms with Crippen molar-refractivity contribution in [3.63, 3.8) is 0 Å². The Balaban J connectivity index is 2.16. The lowest BCUT2D eigenvalue weighted by Gasteiger charge is -2.13. The molecule has 136 valence electrons. The molecule has 2 aromatic rings. The second-order valence-electron chi connectivity index (χ2n) is 5.31. The molecule has 0 unspecified atom stereocenters. The molecule has 0 aliphatic heterocycles. The molecule has 0 saturated carbocycles. The van der Waals surface area contributed by atoms with Crippen LogP contribution in [0, 0.1) is 6.92 Å². The van der Waals surface area contributed by atoms with E-state index in [1.807, 2.05) is 0 Å². The van der Waals surface area contributed by atoms with Gasteiger partial charge in [0, 0.05) is 37.7 Å². The van der Waals surface area contributed by atoms with Crippen molar-refractivity contribution in [2.75, 3.05) is 30.9 Å². The number of anilines is 3. The average molecular weight is 375 g/mol. The summed E-state index contributed by atoms with van der Waals surface area (Å²) in [6.45, 7) is 3.05. The first-order valence-electron chi connectivity index (χ1n) is 7.52. The number of aromatic nitrogens is 2. The monoisotopic (exact) mass is 374 g/mol. The number of alkyl halides is 3. The first kappa shape index (κ1) is 19.3. The molecule has 2 N–H and O–H groups in total. The lowest BCUT2D eigenvalue weighted by atomic mass is 10.2. The number of rotatable bonds is 7. The van der Waals surface area contributed by atoms with Crippen LogP contribution in [0.25, 0.3) is 0 Å². The second-order valence-corrected chi connectivity index (χ2v) is 5.72. The fraction of sp³-hybridized carbons (Fsp3) is 0.375. The summed E-state index contributed by atoms with van der Waals surface area (Å²) in [6.07, 6.45) is -3.73. The maximum absolute atomic E-state index is 12.9. The van der Waals surface area contributed by atoms with Gasteiger partial charge in [-0.2, -0.15) is 18.2 Å². The Morgan fingerprint density at radius 3 is 2.64 bits per heavy atom. The van der Waals surface area contributed by atoms with Gasteiger partial charge in [-0.1, -0.05) is 11.6 Å². The minimum Gasteiger partial charge on any atom is -0.385 e. The summed E-state index contributed by atoms with van der Waals surface area (Å²) >= 11 is 5.62. The highest BCUT2D eigenvalue weighted by molar-refractivity contribution is 6.31. The highest BCUT2D eigenvalue weighted by Gasteiger charge is 2.33. The molecule has 0 aliphatic carbocycles. The molecule has 0 atom stereocenters. The number of nitrogens with zero attached hydrogens (tertiary/aromatic N) is 2. The second kappa shape index (κ2) is 8.35. The zero-order valence-electron chi connectivity index (χ0n) is 13.7. The van der Waals surface area contributed by atoms with Crippen LogP contribution in [0.15, 0.2) is 24.3 Å². The zero-order valence-corrected chi connectivity index (χ0v) is 14.5. The summed E-state index contributed by atoms with van der Waals surface area (Å²) in [5, 5.41) is 5.54. The van der Waals surface area contributed by atoms with Crippen molar-refractivity contribution < 1.29 is 17.9 Å². The Morgan fingerprint density at radius 2 is 1.96 bits per heavy atom. The van der Waals surface area contributed by atoms with Crippen LogP contribution >= 0.6 is 11.6 Å². The molecule has 9 heteroatoms. The van der Waals surface area contributed by atoms with E-state index in [1.165, 1.54) is 12.1 Å². The van der Waals surface area contributed by atoms with Crippen LogP contribution in [-0.2, 0) is 10.9 Å². The van der Waals surface area contributed by atoms with Gasteiger partial charge in [-0.05, 0) is 31.5 Å². The van der Waals surface area contributed by atoms with Crippen molar-refractivity contribution in [3.8, 4) is 0 Å². The van der Waals surface area contributed by atoms with Gasteiger partial charge in [-0.3, -0.25) is 0 Å². The van der Waals surface area contributed by atoms with E-state index in [0.717, 1.165) is 12.5 Å². The summed E-state index contributed by atoms with van der Waals surface area (Å²) in [4.78, 5) is 8.44. The molecule has 5 nitrogen and oxygen atoms in total. The highest BCUT2D eigenvalue weighted by atomic mass is 35.5. The van der Waals surface area contributed by atoms with Gasteiger partial charge in [0.25, 0.3) is 0 Å². The predicted octanol–water partition coefficient (Wildman–Crippen LogP) is 4.65. The van der Waals surface area contributed by atoms with Crippen molar-refractivity contribution >= 4 is 29.1 Å². The van der Waals surface area contributed by atoms with E-state index in [9.17, 15) is 13.2 Å². The molecule has 0 fully saturated rings. The van der Waals surface area contributed by atoms with Gasteiger partial charge < -0.3 is 15.4 Å². The summed E-state index contributed by atoms with van der Waals surface area (Å²) in [5.74, 6) is 0.779. The standard InChI is InChI=1S/C16H18ClF3N4O/c1-10-8-14(21-6-3-7-25-2)24-15(22-10)23-11-4-5-13(17)12(9-11)16(18,19)20/h4-5,8-9H,3,6-7H2,1-2H3,(H2,21,22,23,24). The van der Waals surface area contributed by atoms with Crippen molar-refractivity contribution in [2.24, 2.45) is 0 Å². The summed E-state index contributed by atoms with van der Waals surface area (Å²) in [5.41, 5.74) is -0.0332. The van der Waals surface area contributed by atoms with Gasteiger partial charge in [-0.15, -0.1) is 0 Å². The zero-order chi connectivity index (χ0) is 18.4. The maximum Gasteiger partial charge on any atom is 0.417 e. The molecule has 1 aromatic carbocycles. The largest absolute Gasteiger partial charge is 0.417 e. The number of methoxy groups -OCH3 is 1. The number of hydrogen-bond donors (Lipinski definition) is 2. The SMILES string of the molecule is COCCCNc1cc(C)nc(Nc2ccc(Cl)c(C(F)(F)F)c2)n1. The van der Waals surface area contributed by atoms with E-state index >= 15 is 0 Å². The van der Waals surface area contributed by atoms with Crippen molar-refractivity contribution in [3.05, 3.63) is 40.5 Å². The van der Waals surface area contributed by atoms with Crippen molar-refractivity contribution in [1.29, 1.82) is 0 Å². The Morgan fingerprint density at radius 1 is 1.20 bits per heavy atom. The van der Waals surface area contributed by atoms with Crippen LogP contribution in [0.4, 0.5) is 30.6 Å². The molecule has 0 amide bonds. The van der Waals surface area contributed by atoms with E-state index in [0.29, 0.717) is 24.7 Å². The minimum absolute atomic E-state index is 0.199. The molecule has 1 aromatic heterocycles. The van der Waals surface area contributed by atoms with Crippen LogP contribution in [0.5, 0.6) is 0 Å². The Bertz CT molecular complexity index is 725. The molecular weight excluding hydrogens is 357 g/mol. The molecule has 0 saturated heterocycles. The number of nitrogens with one attached hydrogen (secondary N) is 2. The minimum atomic E-state index is -4.53. The number of ether oxygens (including phenoxy) is 1. The molecule has 0 aliphatic rings. The average Bonchev–Trinajstić information content (AvgIpc) is 2.52. The van der Waals surface area contributed by atoms with E-state index in [2.05, 4.69) is 20.6 Å². The van der Waals surface area contributed by atoms with Gasteiger partial charge in [-0.25, -0.2) is 4.98 Å². The van der Waals surface area contributed by atoms with Gasteiger partial charge in [0.15, 0.2) is 0 Å². The fourth-order valence-corrected chi connectivity index (χ4v) is 2.32. The van der Waals surface area contributed by atoms with E-state index in [-0.39, 0.29) is 16.7 Å². The molecule has 0 bridgehead atoms. The van der Waals surface area contributed by atoms with Crippen molar-refractivity contribution in [2.45, 2.75) is 19.5 Å². The molecule has 1 heterocycles.